The molecule has 1 saturated heterocycles. The molecule has 120 valence electrons. The maximum absolute atomic E-state index is 6.13. The maximum atomic E-state index is 6.13. The van der Waals surface area contributed by atoms with Gasteiger partial charge in [0.15, 0.2) is 5.11 Å². The van der Waals surface area contributed by atoms with Crippen LogP contribution in [0.2, 0.25) is 0 Å². The van der Waals surface area contributed by atoms with E-state index in [0.29, 0.717) is 11.7 Å². The molecule has 1 aromatic rings. The van der Waals surface area contributed by atoms with Crippen LogP contribution in [-0.2, 0) is 11.2 Å². The van der Waals surface area contributed by atoms with Crippen molar-refractivity contribution < 1.29 is 9.47 Å². The van der Waals surface area contributed by atoms with Crippen molar-refractivity contribution >= 4 is 23.0 Å². The van der Waals surface area contributed by atoms with Crippen LogP contribution < -0.4 is 21.1 Å². The molecule has 0 bridgehead atoms. The summed E-state index contributed by atoms with van der Waals surface area (Å²) in [6.45, 7) is 3.44. The zero-order chi connectivity index (χ0) is 15.5. The van der Waals surface area contributed by atoms with E-state index >= 15 is 0 Å². The SMILES string of the molecule is CC[C@H]1C[C@@H](NC(=S)Nc2cccc3c2CCO3)[C@@H](N)CO1. The topological polar surface area (TPSA) is 68.5 Å². The van der Waals surface area contributed by atoms with Crippen LogP contribution in [0.5, 0.6) is 5.75 Å². The third-order valence-electron chi connectivity index (χ3n) is 4.32. The summed E-state index contributed by atoms with van der Waals surface area (Å²) in [5.41, 5.74) is 8.34. The predicted octanol–water partition coefficient (Wildman–Crippen LogP) is 1.80. The van der Waals surface area contributed by atoms with Gasteiger partial charge >= 0.3 is 0 Å². The summed E-state index contributed by atoms with van der Waals surface area (Å²) in [5.74, 6) is 0.946. The normalized spacial score (nSPS) is 26.9. The summed E-state index contributed by atoms with van der Waals surface area (Å²) in [5, 5.41) is 7.24. The lowest BCUT2D eigenvalue weighted by Crippen LogP contribution is -2.55. The van der Waals surface area contributed by atoms with Crippen molar-refractivity contribution in [2.75, 3.05) is 18.5 Å². The van der Waals surface area contributed by atoms with Gasteiger partial charge in [-0.05, 0) is 37.2 Å². The van der Waals surface area contributed by atoms with Crippen LogP contribution in [0.3, 0.4) is 0 Å². The van der Waals surface area contributed by atoms with Gasteiger partial charge < -0.3 is 25.8 Å². The number of hydrogen-bond acceptors (Lipinski definition) is 4. The van der Waals surface area contributed by atoms with Crippen molar-refractivity contribution in [1.29, 1.82) is 0 Å². The summed E-state index contributed by atoms with van der Waals surface area (Å²) < 4.78 is 11.3. The summed E-state index contributed by atoms with van der Waals surface area (Å²) in [6, 6.07) is 6.10. The van der Waals surface area contributed by atoms with E-state index in [9.17, 15) is 0 Å². The first-order valence-corrected chi connectivity index (χ1v) is 8.27. The monoisotopic (exact) mass is 321 g/mol. The second-order valence-electron chi connectivity index (χ2n) is 5.85. The fourth-order valence-electron chi connectivity index (χ4n) is 3.01. The Labute approximate surface area is 136 Å². The van der Waals surface area contributed by atoms with Crippen LogP contribution in [0, 0.1) is 0 Å². The molecular formula is C16H23N3O2S. The van der Waals surface area contributed by atoms with Crippen LogP contribution in [0.1, 0.15) is 25.3 Å². The molecule has 2 aliphatic rings. The lowest BCUT2D eigenvalue weighted by Gasteiger charge is -2.35. The maximum Gasteiger partial charge on any atom is 0.171 e. The Morgan fingerprint density at radius 1 is 1.45 bits per heavy atom. The number of rotatable bonds is 3. The molecule has 0 amide bonds. The Morgan fingerprint density at radius 2 is 2.32 bits per heavy atom. The number of hydrogen-bond donors (Lipinski definition) is 3. The molecule has 22 heavy (non-hydrogen) atoms. The van der Waals surface area contributed by atoms with Gasteiger partial charge in [0, 0.05) is 29.8 Å². The summed E-state index contributed by atoms with van der Waals surface area (Å²) in [7, 11) is 0. The zero-order valence-corrected chi connectivity index (χ0v) is 13.6. The summed E-state index contributed by atoms with van der Waals surface area (Å²) in [4.78, 5) is 0. The average Bonchev–Trinajstić information content (AvgIpc) is 2.99. The smallest absolute Gasteiger partial charge is 0.171 e. The van der Waals surface area contributed by atoms with Crippen molar-refractivity contribution in [1.82, 2.24) is 5.32 Å². The highest BCUT2D eigenvalue weighted by molar-refractivity contribution is 7.80. The molecule has 1 aromatic carbocycles. The van der Waals surface area contributed by atoms with Crippen LogP contribution in [0.4, 0.5) is 5.69 Å². The first kappa shape index (κ1) is 15.5. The minimum atomic E-state index is -0.0348. The van der Waals surface area contributed by atoms with Gasteiger partial charge in [0.1, 0.15) is 5.75 Å². The number of nitrogens with two attached hydrogens (primary N) is 1. The van der Waals surface area contributed by atoms with E-state index in [1.165, 1.54) is 5.56 Å². The van der Waals surface area contributed by atoms with Crippen molar-refractivity contribution in [3.05, 3.63) is 23.8 Å². The highest BCUT2D eigenvalue weighted by atomic mass is 32.1. The number of thiocarbonyl (C=S) groups is 1. The molecule has 0 radical (unpaired) electrons. The van der Waals surface area contributed by atoms with Gasteiger partial charge in [-0.15, -0.1) is 0 Å². The lowest BCUT2D eigenvalue weighted by atomic mass is 9.98. The summed E-state index contributed by atoms with van der Waals surface area (Å²) >= 11 is 5.46. The number of benzene rings is 1. The molecule has 3 atom stereocenters. The minimum Gasteiger partial charge on any atom is -0.493 e. The number of anilines is 1. The van der Waals surface area contributed by atoms with Gasteiger partial charge in [-0.25, -0.2) is 0 Å². The molecule has 2 heterocycles. The van der Waals surface area contributed by atoms with Crippen molar-refractivity contribution in [2.45, 2.75) is 44.4 Å². The van der Waals surface area contributed by atoms with Crippen LogP contribution in [0.15, 0.2) is 18.2 Å². The predicted molar refractivity (Wildman–Crippen MR) is 91.4 cm³/mol. The van der Waals surface area contributed by atoms with E-state index in [1.807, 2.05) is 18.2 Å². The Balaban J connectivity index is 1.62. The van der Waals surface area contributed by atoms with Gasteiger partial charge in [-0.2, -0.15) is 0 Å². The second-order valence-corrected chi connectivity index (χ2v) is 6.26. The Hall–Kier alpha value is -1.37. The Kier molecular flexibility index (Phi) is 4.81. The van der Waals surface area contributed by atoms with E-state index in [-0.39, 0.29) is 18.2 Å². The largest absolute Gasteiger partial charge is 0.493 e. The highest BCUT2D eigenvalue weighted by Crippen LogP contribution is 2.31. The Bertz CT molecular complexity index is 552. The quantitative estimate of drug-likeness (QED) is 0.738. The summed E-state index contributed by atoms with van der Waals surface area (Å²) in [6.07, 6.45) is 3.05. The molecule has 3 rings (SSSR count). The van der Waals surface area contributed by atoms with Crippen molar-refractivity contribution in [3.8, 4) is 5.75 Å². The Morgan fingerprint density at radius 3 is 3.14 bits per heavy atom. The highest BCUT2D eigenvalue weighted by Gasteiger charge is 2.28. The zero-order valence-electron chi connectivity index (χ0n) is 12.8. The second kappa shape index (κ2) is 6.81. The fraction of sp³-hybridized carbons (Fsp3) is 0.562. The third-order valence-corrected chi connectivity index (χ3v) is 4.54. The lowest BCUT2D eigenvalue weighted by molar-refractivity contribution is -0.00825. The van der Waals surface area contributed by atoms with Gasteiger partial charge in [0.25, 0.3) is 0 Å². The van der Waals surface area contributed by atoms with Gasteiger partial charge in [0.2, 0.25) is 0 Å². The van der Waals surface area contributed by atoms with E-state index in [0.717, 1.165) is 37.3 Å². The molecule has 4 N–H and O–H groups in total. The molecule has 6 heteroatoms. The molecule has 0 saturated carbocycles. The number of ether oxygens (including phenoxy) is 2. The molecule has 2 aliphatic heterocycles. The van der Waals surface area contributed by atoms with Crippen LogP contribution >= 0.6 is 12.2 Å². The van der Waals surface area contributed by atoms with Crippen LogP contribution in [0.25, 0.3) is 0 Å². The molecule has 0 spiro atoms. The fourth-order valence-corrected chi connectivity index (χ4v) is 3.27. The molecular weight excluding hydrogens is 298 g/mol. The molecule has 0 aromatic heterocycles. The van der Waals surface area contributed by atoms with Crippen molar-refractivity contribution in [3.63, 3.8) is 0 Å². The third kappa shape index (κ3) is 3.34. The van der Waals surface area contributed by atoms with E-state index in [4.69, 9.17) is 27.4 Å². The van der Waals surface area contributed by atoms with E-state index in [1.54, 1.807) is 0 Å². The van der Waals surface area contributed by atoms with Crippen LogP contribution in [-0.4, -0.2) is 36.5 Å². The first-order chi connectivity index (χ1) is 10.7. The number of nitrogens with one attached hydrogen (secondary N) is 2. The van der Waals surface area contributed by atoms with Gasteiger partial charge in [-0.3, -0.25) is 0 Å². The molecule has 1 fully saturated rings. The number of fused-ring (bicyclic) bond motifs is 1. The molecule has 5 nitrogen and oxygen atoms in total. The standard InChI is InChI=1S/C16H23N3O2S/c1-2-10-8-14(12(17)9-21-10)19-16(22)18-13-4-3-5-15-11(13)6-7-20-15/h3-5,10,12,14H,2,6-9,17H2,1H3,(H2,18,19,22)/t10-,12-,14+/m0/s1. The van der Waals surface area contributed by atoms with Gasteiger partial charge in [0.05, 0.1) is 19.3 Å². The van der Waals surface area contributed by atoms with E-state index in [2.05, 4.69) is 17.6 Å². The molecule has 0 unspecified atom stereocenters. The van der Waals surface area contributed by atoms with E-state index < -0.39 is 0 Å². The van der Waals surface area contributed by atoms with Crippen molar-refractivity contribution in [2.24, 2.45) is 5.73 Å². The minimum absolute atomic E-state index is 0.0348. The van der Waals surface area contributed by atoms with Gasteiger partial charge in [-0.1, -0.05) is 13.0 Å². The molecule has 0 aliphatic carbocycles. The first-order valence-electron chi connectivity index (χ1n) is 7.86. The average molecular weight is 321 g/mol.